The lowest BCUT2D eigenvalue weighted by molar-refractivity contribution is -0.118. The molecule has 68 valence electrons. The number of likely N-dealkylation sites (tertiary alicyclic amines) is 1. The highest BCUT2D eigenvalue weighted by Gasteiger charge is 2.43. The van der Waals surface area contributed by atoms with Gasteiger partial charge in [0.2, 0.25) is 6.41 Å². The maximum atomic E-state index is 10.7. The lowest BCUT2D eigenvalue weighted by atomic mass is 9.84. The molecule has 1 amide bonds. The van der Waals surface area contributed by atoms with Crippen molar-refractivity contribution in [3.8, 4) is 0 Å². The molecular weight excluding hydrogens is 150 g/mol. The summed E-state index contributed by atoms with van der Waals surface area (Å²) in [5.74, 6) is 0. The van der Waals surface area contributed by atoms with Gasteiger partial charge in [0.25, 0.3) is 0 Å². The summed E-state index contributed by atoms with van der Waals surface area (Å²) in [6.07, 6.45) is 7.71. The SMILES string of the molecule is CC1CC2(CCCC2)CN1C=O. The van der Waals surface area contributed by atoms with Gasteiger partial charge < -0.3 is 4.90 Å². The van der Waals surface area contributed by atoms with Gasteiger partial charge in [-0.15, -0.1) is 0 Å². The lowest BCUT2D eigenvalue weighted by Crippen LogP contribution is -2.26. The van der Waals surface area contributed by atoms with Crippen molar-refractivity contribution in [3.63, 3.8) is 0 Å². The Morgan fingerprint density at radius 1 is 1.42 bits per heavy atom. The van der Waals surface area contributed by atoms with E-state index in [2.05, 4.69) is 6.92 Å². The van der Waals surface area contributed by atoms with E-state index in [-0.39, 0.29) is 0 Å². The lowest BCUT2D eigenvalue weighted by Gasteiger charge is -2.21. The van der Waals surface area contributed by atoms with Crippen molar-refractivity contribution in [1.29, 1.82) is 0 Å². The fourth-order valence-corrected chi connectivity index (χ4v) is 2.98. The zero-order valence-electron chi connectivity index (χ0n) is 7.75. The zero-order valence-corrected chi connectivity index (χ0v) is 7.75. The smallest absolute Gasteiger partial charge is 0.209 e. The zero-order chi connectivity index (χ0) is 8.60. The van der Waals surface area contributed by atoms with Crippen LogP contribution in [0.25, 0.3) is 0 Å². The summed E-state index contributed by atoms with van der Waals surface area (Å²) in [5, 5.41) is 0. The van der Waals surface area contributed by atoms with Gasteiger partial charge in [-0.3, -0.25) is 4.79 Å². The highest BCUT2D eigenvalue weighted by atomic mass is 16.1. The Morgan fingerprint density at radius 3 is 2.58 bits per heavy atom. The van der Waals surface area contributed by atoms with E-state index in [0.717, 1.165) is 13.0 Å². The fraction of sp³-hybridized carbons (Fsp3) is 0.900. The van der Waals surface area contributed by atoms with Crippen LogP contribution in [0.3, 0.4) is 0 Å². The predicted octanol–water partition coefficient (Wildman–Crippen LogP) is 1.80. The van der Waals surface area contributed by atoms with Gasteiger partial charge in [-0.2, -0.15) is 0 Å². The molecule has 2 rings (SSSR count). The molecule has 2 heteroatoms. The largest absolute Gasteiger partial charge is 0.342 e. The Morgan fingerprint density at radius 2 is 2.08 bits per heavy atom. The Labute approximate surface area is 73.9 Å². The van der Waals surface area contributed by atoms with Gasteiger partial charge in [-0.1, -0.05) is 12.8 Å². The number of hydrogen-bond acceptors (Lipinski definition) is 1. The molecule has 0 aromatic heterocycles. The normalized spacial score (nSPS) is 33.1. The average Bonchev–Trinajstić information content (AvgIpc) is 2.60. The van der Waals surface area contributed by atoms with Gasteiger partial charge >= 0.3 is 0 Å². The second-order valence-corrected chi connectivity index (χ2v) is 4.54. The molecule has 1 unspecified atom stereocenters. The topological polar surface area (TPSA) is 20.3 Å². The predicted molar refractivity (Wildman–Crippen MR) is 47.8 cm³/mol. The van der Waals surface area contributed by atoms with Crippen LogP contribution in [0.4, 0.5) is 0 Å². The van der Waals surface area contributed by atoms with Crippen molar-refractivity contribution < 1.29 is 4.79 Å². The molecule has 1 aliphatic heterocycles. The van der Waals surface area contributed by atoms with Crippen molar-refractivity contribution in [2.45, 2.75) is 45.1 Å². The van der Waals surface area contributed by atoms with Gasteiger partial charge in [-0.25, -0.2) is 0 Å². The molecule has 0 bridgehead atoms. The summed E-state index contributed by atoms with van der Waals surface area (Å²) < 4.78 is 0. The Bertz CT molecular complexity index is 184. The summed E-state index contributed by atoms with van der Waals surface area (Å²) in [5.41, 5.74) is 0.528. The van der Waals surface area contributed by atoms with Crippen LogP contribution in [-0.2, 0) is 4.79 Å². The van der Waals surface area contributed by atoms with E-state index in [4.69, 9.17) is 0 Å². The number of nitrogens with zero attached hydrogens (tertiary/aromatic N) is 1. The van der Waals surface area contributed by atoms with Crippen molar-refractivity contribution in [1.82, 2.24) is 4.90 Å². The second-order valence-electron chi connectivity index (χ2n) is 4.54. The molecule has 0 N–H and O–H groups in total. The minimum absolute atomic E-state index is 0.487. The second kappa shape index (κ2) is 2.75. The first-order valence-corrected chi connectivity index (χ1v) is 4.97. The Hall–Kier alpha value is -0.530. The van der Waals surface area contributed by atoms with Crippen LogP contribution in [-0.4, -0.2) is 23.9 Å². The van der Waals surface area contributed by atoms with Crippen LogP contribution in [0, 0.1) is 5.41 Å². The molecule has 12 heavy (non-hydrogen) atoms. The number of carbonyl (C=O) groups is 1. The molecule has 0 aromatic carbocycles. The van der Waals surface area contributed by atoms with Gasteiger partial charge in [0, 0.05) is 12.6 Å². The van der Waals surface area contributed by atoms with Crippen LogP contribution < -0.4 is 0 Å². The van der Waals surface area contributed by atoms with E-state index in [0.29, 0.717) is 11.5 Å². The first kappa shape index (κ1) is 8.09. The molecule has 1 saturated carbocycles. The highest BCUT2D eigenvalue weighted by Crippen LogP contribution is 2.46. The molecule has 2 nitrogen and oxygen atoms in total. The van der Waals surface area contributed by atoms with Crippen molar-refractivity contribution in [3.05, 3.63) is 0 Å². The molecule has 1 heterocycles. The monoisotopic (exact) mass is 167 g/mol. The molecule has 0 radical (unpaired) electrons. The van der Waals surface area contributed by atoms with E-state index < -0.39 is 0 Å². The van der Waals surface area contributed by atoms with Gasteiger partial charge in [0.1, 0.15) is 0 Å². The first-order chi connectivity index (χ1) is 5.76. The Kier molecular flexibility index (Phi) is 1.85. The minimum Gasteiger partial charge on any atom is -0.342 e. The fourth-order valence-electron chi connectivity index (χ4n) is 2.98. The van der Waals surface area contributed by atoms with Gasteiger partial charge in [0.05, 0.1) is 0 Å². The standard InChI is InChI=1S/C10H17NO/c1-9-6-10(4-2-3-5-10)7-11(9)8-12/h8-9H,2-7H2,1H3. The number of carbonyl (C=O) groups excluding carboxylic acids is 1. The number of amides is 1. The first-order valence-electron chi connectivity index (χ1n) is 4.97. The van der Waals surface area contributed by atoms with E-state index in [1.807, 2.05) is 4.90 Å². The summed E-state index contributed by atoms with van der Waals surface area (Å²) in [7, 11) is 0. The van der Waals surface area contributed by atoms with E-state index in [9.17, 15) is 4.79 Å². The summed E-state index contributed by atoms with van der Waals surface area (Å²) >= 11 is 0. The maximum Gasteiger partial charge on any atom is 0.209 e. The van der Waals surface area contributed by atoms with Crippen LogP contribution in [0.1, 0.15) is 39.0 Å². The van der Waals surface area contributed by atoms with Crippen molar-refractivity contribution in [2.24, 2.45) is 5.41 Å². The molecule has 0 aromatic rings. The molecule has 2 aliphatic rings. The molecule has 1 saturated heterocycles. The van der Waals surface area contributed by atoms with E-state index in [1.165, 1.54) is 32.1 Å². The van der Waals surface area contributed by atoms with Gasteiger partial charge in [0.15, 0.2) is 0 Å². The van der Waals surface area contributed by atoms with Crippen molar-refractivity contribution in [2.75, 3.05) is 6.54 Å². The van der Waals surface area contributed by atoms with E-state index >= 15 is 0 Å². The quantitative estimate of drug-likeness (QED) is 0.545. The van der Waals surface area contributed by atoms with Crippen LogP contribution in [0.15, 0.2) is 0 Å². The minimum atomic E-state index is 0.487. The van der Waals surface area contributed by atoms with Crippen LogP contribution >= 0.6 is 0 Å². The molecule has 1 atom stereocenters. The third kappa shape index (κ3) is 1.13. The molecule has 2 fully saturated rings. The third-order valence-electron chi connectivity index (χ3n) is 3.61. The summed E-state index contributed by atoms with van der Waals surface area (Å²) in [6.45, 7) is 3.19. The number of rotatable bonds is 1. The third-order valence-corrected chi connectivity index (χ3v) is 3.61. The van der Waals surface area contributed by atoms with Gasteiger partial charge in [-0.05, 0) is 31.6 Å². The molecule has 1 spiro atoms. The van der Waals surface area contributed by atoms with Crippen LogP contribution in [0.5, 0.6) is 0 Å². The molecule has 1 aliphatic carbocycles. The average molecular weight is 167 g/mol. The van der Waals surface area contributed by atoms with E-state index in [1.54, 1.807) is 0 Å². The van der Waals surface area contributed by atoms with Crippen molar-refractivity contribution >= 4 is 6.41 Å². The Balaban J connectivity index is 2.08. The van der Waals surface area contributed by atoms with Crippen LogP contribution in [0.2, 0.25) is 0 Å². The number of hydrogen-bond donors (Lipinski definition) is 0. The summed E-state index contributed by atoms with van der Waals surface area (Å²) in [4.78, 5) is 12.7. The molecular formula is C10H17NO. The highest BCUT2D eigenvalue weighted by molar-refractivity contribution is 5.48. The summed E-state index contributed by atoms with van der Waals surface area (Å²) in [6, 6.07) is 0.487. The maximum absolute atomic E-state index is 10.7.